The molecular weight excluding hydrogens is 404 g/mol. The van der Waals surface area contributed by atoms with Crippen molar-refractivity contribution in [3.8, 4) is 22.3 Å². The van der Waals surface area contributed by atoms with Crippen LogP contribution in [0.3, 0.4) is 0 Å². The average Bonchev–Trinajstić information content (AvgIpc) is 3.19. The summed E-state index contributed by atoms with van der Waals surface area (Å²) in [6.45, 7) is 4.45. The maximum absolute atomic E-state index is 11.7. The molecule has 0 aliphatic carbocycles. The summed E-state index contributed by atoms with van der Waals surface area (Å²) in [5.74, 6) is -1.01. The van der Waals surface area contributed by atoms with Crippen LogP contribution in [0.1, 0.15) is 15.9 Å². The lowest BCUT2D eigenvalue weighted by Gasteiger charge is -2.26. The number of hydrogen-bond acceptors (Lipinski definition) is 5. The van der Waals surface area contributed by atoms with Crippen molar-refractivity contribution < 1.29 is 14.6 Å². The lowest BCUT2D eigenvalue weighted by molar-refractivity contribution is 0.0342. The number of benzene rings is 3. The fraction of sp³-hybridized carbons (Fsp3) is 0.240. The van der Waals surface area contributed by atoms with Crippen molar-refractivity contribution in [1.82, 2.24) is 19.9 Å². The second-order valence-electron chi connectivity index (χ2n) is 8.05. The Labute approximate surface area is 185 Å². The van der Waals surface area contributed by atoms with Crippen LogP contribution in [-0.4, -0.2) is 57.3 Å². The zero-order chi connectivity index (χ0) is 22.1. The van der Waals surface area contributed by atoms with E-state index in [0.717, 1.165) is 55.1 Å². The van der Waals surface area contributed by atoms with Crippen molar-refractivity contribution in [1.29, 1.82) is 0 Å². The van der Waals surface area contributed by atoms with Crippen LogP contribution in [0, 0.1) is 0 Å². The second kappa shape index (κ2) is 8.53. The van der Waals surface area contributed by atoms with Crippen LogP contribution in [-0.2, 0) is 18.3 Å². The summed E-state index contributed by atoms with van der Waals surface area (Å²) in [7, 11) is 1.69. The summed E-state index contributed by atoms with van der Waals surface area (Å²) < 4.78 is 5.44. The molecule has 1 aromatic heterocycles. The summed E-state index contributed by atoms with van der Waals surface area (Å²) in [5, 5.41) is 18.1. The Kier molecular flexibility index (Phi) is 5.43. The Morgan fingerprint density at radius 2 is 1.66 bits per heavy atom. The molecule has 0 bridgehead atoms. The molecule has 0 spiro atoms. The molecule has 4 aromatic rings. The number of aryl methyl sites for hydroxylation is 1. The molecule has 3 aromatic carbocycles. The van der Waals surface area contributed by atoms with E-state index in [0.29, 0.717) is 11.0 Å². The van der Waals surface area contributed by atoms with Crippen molar-refractivity contribution in [3.05, 3.63) is 71.8 Å². The van der Waals surface area contributed by atoms with Gasteiger partial charge >= 0.3 is 5.97 Å². The Balaban J connectivity index is 1.42. The van der Waals surface area contributed by atoms with E-state index in [-0.39, 0.29) is 5.56 Å². The molecule has 1 fully saturated rings. The number of rotatable bonds is 5. The smallest absolute Gasteiger partial charge is 0.338 e. The fourth-order valence-corrected chi connectivity index (χ4v) is 4.18. The molecule has 162 valence electrons. The number of fused-ring (bicyclic) bond motifs is 1. The van der Waals surface area contributed by atoms with Gasteiger partial charge < -0.3 is 9.84 Å². The third-order valence-electron chi connectivity index (χ3n) is 5.81. The van der Waals surface area contributed by atoms with Gasteiger partial charge in [0, 0.05) is 26.7 Å². The molecule has 0 radical (unpaired) electrons. The third kappa shape index (κ3) is 4.12. The summed E-state index contributed by atoms with van der Waals surface area (Å²) in [5.41, 5.74) is 6.45. The van der Waals surface area contributed by atoms with Crippen molar-refractivity contribution in [2.75, 3.05) is 26.3 Å². The molecule has 0 amide bonds. The molecule has 1 aliphatic heterocycles. The van der Waals surface area contributed by atoms with Crippen LogP contribution < -0.4 is 0 Å². The molecule has 2 heterocycles. The molecule has 7 heteroatoms. The largest absolute Gasteiger partial charge is 0.478 e. The van der Waals surface area contributed by atoms with Crippen molar-refractivity contribution in [3.63, 3.8) is 0 Å². The van der Waals surface area contributed by atoms with Gasteiger partial charge in [-0.2, -0.15) is 15.0 Å². The number of carboxylic acids is 1. The SMILES string of the molecule is Cn1nc2cc(-c3ccc(-c4cccc(CN5CCOCC5)c4)cc3)cc(C(=O)O)c2n1. The van der Waals surface area contributed by atoms with E-state index in [9.17, 15) is 9.90 Å². The van der Waals surface area contributed by atoms with Gasteiger partial charge in [0.1, 0.15) is 11.0 Å². The van der Waals surface area contributed by atoms with Crippen LogP contribution in [0.25, 0.3) is 33.3 Å². The van der Waals surface area contributed by atoms with Gasteiger partial charge in [0.2, 0.25) is 0 Å². The normalized spacial score (nSPS) is 14.7. The lowest BCUT2D eigenvalue weighted by atomic mass is 9.97. The quantitative estimate of drug-likeness (QED) is 0.520. The molecule has 0 saturated carbocycles. The van der Waals surface area contributed by atoms with E-state index in [1.807, 2.05) is 18.2 Å². The number of aromatic nitrogens is 3. The molecule has 7 nitrogen and oxygen atoms in total. The van der Waals surface area contributed by atoms with E-state index in [1.165, 1.54) is 10.4 Å². The molecule has 32 heavy (non-hydrogen) atoms. The van der Waals surface area contributed by atoms with Crippen LogP contribution in [0.2, 0.25) is 0 Å². The van der Waals surface area contributed by atoms with Crippen molar-refractivity contribution >= 4 is 17.0 Å². The predicted molar refractivity (Wildman–Crippen MR) is 122 cm³/mol. The van der Waals surface area contributed by atoms with E-state index in [4.69, 9.17) is 4.74 Å². The average molecular weight is 428 g/mol. The molecule has 1 N–H and O–H groups in total. The minimum Gasteiger partial charge on any atom is -0.478 e. The topological polar surface area (TPSA) is 80.5 Å². The highest BCUT2D eigenvalue weighted by Crippen LogP contribution is 2.29. The highest BCUT2D eigenvalue weighted by molar-refractivity contribution is 6.02. The van der Waals surface area contributed by atoms with Gasteiger partial charge in [-0.3, -0.25) is 4.90 Å². The molecule has 0 unspecified atom stereocenters. The molecule has 0 atom stereocenters. The molecule has 5 rings (SSSR count). The number of carbonyl (C=O) groups is 1. The number of aromatic carboxylic acids is 1. The summed E-state index contributed by atoms with van der Waals surface area (Å²) in [6.07, 6.45) is 0. The van der Waals surface area contributed by atoms with Gasteiger partial charge in [-0.1, -0.05) is 42.5 Å². The Morgan fingerprint density at radius 3 is 2.38 bits per heavy atom. The van der Waals surface area contributed by atoms with Gasteiger partial charge in [0.25, 0.3) is 0 Å². The number of carboxylic acid groups (broad SMARTS) is 1. The zero-order valence-corrected chi connectivity index (χ0v) is 17.9. The van der Waals surface area contributed by atoms with E-state index < -0.39 is 5.97 Å². The number of nitrogens with zero attached hydrogens (tertiary/aromatic N) is 4. The van der Waals surface area contributed by atoms with Gasteiger partial charge in [-0.05, 0) is 46.0 Å². The summed E-state index contributed by atoms with van der Waals surface area (Å²) >= 11 is 0. The lowest BCUT2D eigenvalue weighted by Crippen LogP contribution is -2.35. The van der Waals surface area contributed by atoms with Crippen molar-refractivity contribution in [2.45, 2.75) is 6.54 Å². The molecular formula is C25H24N4O3. The highest BCUT2D eigenvalue weighted by Gasteiger charge is 2.16. The maximum Gasteiger partial charge on any atom is 0.338 e. The molecule has 1 aliphatic rings. The van der Waals surface area contributed by atoms with E-state index in [1.54, 1.807) is 13.1 Å². The van der Waals surface area contributed by atoms with Gasteiger partial charge in [0.05, 0.1) is 18.8 Å². The first-order valence-corrected chi connectivity index (χ1v) is 10.6. The Morgan fingerprint density at radius 1 is 0.938 bits per heavy atom. The van der Waals surface area contributed by atoms with Crippen LogP contribution in [0.5, 0.6) is 0 Å². The van der Waals surface area contributed by atoms with Gasteiger partial charge in [-0.15, -0.1) is 0 Å². The first kappa shape index (κ1) is 20.4. The standard InChI is InChI=1S/C25H24N4O3/c1-28-26-23-15-21(14-22(25(30)31)24(23)27-28)19-7-5-18(6-8-19)20-4-2-3-17(13-20)16-29-9-11-32-12-10-29/h2-8,13-15H,9-12,16H2,1H3,(H,30,31). The predicted octanol–water partition coefficient (Wildman–Crippen LogP) is 3.83. The van der Waals surface area contributed by atoms with E-state index in [2.05, 4.69) is 51.5 Å². The molecule has 1 saturated heterocycles. The monoisotopic (exact) mass is 428 g/mol. The second-order valence-corrected chi connectivity index (χ2v) is 8.05. The number of ether oxygens (including phenoxy) is 1. The van der Waals surface area contributed by atoms with Gasteiger partial charge in [0.15, 0.2) is 0 Å². The van der Waals surface area contributed by atoms with Crippen LogP contribution in [0.4, 0.5) is 0 Å². The summed E-state index contributed by atoms with van der Waals surface area (Å²) in [4.78, 5) is 15.5. The highest BCUT2D eigenvalue weighted by atomic mass is 16.5. The van der Waals surface area contributed by atoms with Crippen LogP contribution in [0.15, 0.2) is 60.7 Å². The summed E-state index contributed by atoms with van der Waals surface area (Å²) in [6, 6.07) is 20.3. The van der Waals surface area contributed by atoms with Crippen molar-refractivity contribution in [2.24, 2.45) is 7.05 Å². The first-order valence-electron chi connectivity index (χ1n) is 10.6. The minimum atomic E-state index is -1.01. The number of hydrogen-bond donors (Lipinski definition) is 1. The van der Waals surface area contributed by atoms with Gasteiger partial charge in [-0.25, -0.2) is 4.79 Å². The first-order chi connectivity index (χ1) is 15.6. The Bertz CT molecular complexity index is 1270. The maximum atomic E-state index is 11.7. The zero-order valence-electron chi connectivity index (χ0n) is 17.9. The minimum absolute atomic E-state index is 0.158. The van der Waals surface area contributed by atoms with E-state index >= 15 is 0 Å². The fourth-order valence-electron chi connectivity index (χ4n) is 4.18. The number of morpholine rings is 1. The Hall–Kier alpha value is -3.55. The third-order valence-corrected chi connectivity index (χ3v) is 5.81. The van der Waals surface area contributed by atoms with Crippen LogP contribution >= 0.6 is 0 Å².